The van der Waals surface area contributed by atoms with Crippen LogP contribution in [0.5, 0.6) is 0 Å². The number of carbonyl (C=O) groups is 2. The first-order chi connectivity index (χ1) is 18.2. The van der Waals surface area contributed by atoms with Crippen LogP contribution in [0.4, 0.5) is 11.5 Å². The maximum Gasteiger partial charge on any atom is 0.255 e. The average molecular weight is 558 g/mol. The summed E-state index contributed by atoms with van der Waals surface area (Å²) < 4.78 is 24.4. The molecule has 0 aliphatic carbocycles. The highest BCUT2D eigenvalue weighted by atomic mass is 35.5. The summed E-state index contributed by atoms with van der Waals surface area (Å²) in [5.74, 6) is 0.611. The molecule has 1 unspecified atom stereocenters. The fraction of sp³-hybridized carbons (Fsp3) is 0.444. The van der Waals surface area contributed by atoms with Gasteiger partial charge in [-0.2, -0.15) is 0 Å². The molecule has 0 bridgehead atoms. The minimum atomic E-state index is -3.52. The topological polar surface area (TPSA) is 103 Å². The van der Waals surface area contributed by atoms with Crippen molar-refractivity contribution < 1.29 is 18.0 Å². The van der Waals surface area contributed by atoms with Crippen molar-refractivity contribution in [1.29, 1.82) is 0 Å². The van der Waals surface area contributed by atoms with Crippen LogP contribution in [0.2, 0.25) is 5.02 Å². The third kappa shape index (κ3) is 5.96. The molecule has 11 heteroatoms. The van der Waals surface area contributed by atoms with Crippen LogP contribution in [-0.2, 0) is 14.6 Å². The van der Waals surface area contributed by atoms with Crippen LogP contribution < -0.4 is 10.2 Å². The molecular weight excluding hydrogens is 526 g/mol. The normalized spacial score (nSPS) is 19.9. The van der Waals surface area contributed by atoms with Crippen LogP contribution in [0, 0.1) is 5.92 Å². The van der Waals surface area contributed by atoms with E-state index in [2.05, 4.69) is 27.5 Å². The molecule has 5 rings (SSSR count). The van der Waals surface area contributed by atoms with Gasteiger partial charge in [0.2, 0.25) is 5.91 Å². The Morgan fingerprint density at radius 2 is 1.92 bits per heavy atom. The Morgan fingerprint density at radius 1 is 1.13 bits per heavy atom. The Balaban J connectivity index is 1.25. The second kappa shape index (κ2) is 10.9. The van der Waals surface area contributed by atoms with Crippen LogP contribution in [-0.4, -0.2) is 80.0 Å². The molecule has 0 saturated carbocycles. The number of hydrogen-bond donors (Lipinski definition) is 1. The number of sulfone groups is 1. The van der Waals surface area contributed by atoms with Crippen LogP contribution in [0.3, 0.4) is 0 Å². The van der Waals surface area contributed by atoms with Crippen molar-refractivity contribution in [2.75, 3.05) is 49.2 Å². The molecule has 1 N–H and O–H groups in total. The lowest BCUT2D eigenvalue weighted by Crippen LogP contribution is -2.51. The maximum absolute atomic E-state index is 13.0. The zero-order valence-electron chi connectivity index (χ0n) is 21.3. The molecule has 2 aromatic rings. The lowest BCUT2D eigenvalue weighted by atomic mass is 9.92. The van der Waals surface area contributed by atoms with Gasteiger partial charge in [-0.3, -0.25) is 9.59 Å². The van der Waals surface area contributed by atoms with Gasteiger partial charge in [-0.05, 0) is 55.6 Å². The number of pyridine rings is 1. The van der Waals surface area contributed by atoms with Crippen molar-refractivity contribution in [2.24, 2.45) is 5.92 Å². The number of fused-ring (bicyclic) bond motifs is 1. The molecule has 1 atom stereocenters. The summed E-state index contributed by atoms with van der Waals surface area (Å²) in [5, 5.41) is 3.26. The third-order valence-electron chi connectivity index (χ3n) is 7.57. The van der Waals surface area contributed by atoms with Crippen molar-refractivity contribution in [2.45, 2.75) is 36.6 Å². The number of halogens is 1. The SMILES string of the molecule is CS(=O)(=O)c1cnc(N2CCC(CC(=O)N3CCN4C=CCC4C3)CC2)c(NC(=O)c2cccc(Cl)c2)c1. The minimum Gasteiger partial charge on any atom is -0.371 e. The molecule has 4 heterocycles. The van der Waals surface area contributed by atoms with Crippen LogP contribution >= 0.6 is 11.6 Å². The number of benzene rings is 1. The van der Waals surface area contributed by atoms with Gasteiger partial charge in [0.1, 0.15) is 0 Å². The molecule has 1 aromatic heterocycles. The molecule has 0 radical (unpaired) electrons. The summed E-state index contributed by atoms with van der Waals surface area (Å²) in [6.07, 6.45) is 9.92. The molecule has 2 amide bonds. The summed E-state index contributed by atoms with van der Waals surface area (Å²) >= 11 is 6.04. The fourth-order valence-corrected chi connectivity index (χ4v) is 6.16. The van der Waals surface area contributed by atoms with Crippen molar-refractivity contribution in [3.63, 3.8) is 0 Å². The zero-order chi connectivity index (χ0) is 26.9. The lowest BCUT2D eigenvalue weighted by Gasteiger charge is -2.39. The van der Waals surface area contributed by atoms with Crippen LogP contribution in [0.1, 0.15) is 36.0 Å². The number of nitrogens with zero attached hydrogens (tertiary/aromatic N) is 4. The van der Waals surface area contributed by atoms with E-state index in [1.807, 2.05) is 9.80 Å². The lowest BCUT2D eigenvalue weighted by molar-refractivity contribution is -0.134. The number of aromatic nitrogens is 1. The van der Waals surface area contributed by atoms with Gasteiger partial charge in [-0.25, -0.2) is 13.4 Å². The van der Waals surface area contributed by atoms with E-state index in [9.17, 15) is 18.0 Å². The highest BCUT2D eigenvalue weighted by molar-refractivity contribution is 7.90. The number of carbonyl (C=O) groups excluding carboxylic acids is 2. The minimum absolute atomic E-state index is 0.0284. The molecule has 3 aliphatic rings. The number of piperazine rings is 1. The van der Waals surface area contributed by atoms with E-state index >= 15 is 0 Å². The van der Waals surface area contributed by atoms with Gasteiger partial charge in [0.25, 0.3) is 5.91 Å². The van der Waals surface area contributed by atoms with Gasteiger partial charge in [0, 0.05) is 68.2 Å². The van der Waals surface area contributed by atoms with Crippen molar-refractivity contribution >= 4 is 44.8 Å². The largest absolute Gasteiger partial charge is 0.371 e. The van der Waals surface area contributed by atoms with Crippen LogP contribution in [0.15, 0.2) is 53.7 Å². The first-order valence-corrected chi connectivity index (χ1v) is 15.2. The number of amides is 2. The van der Waals surface area contributed by atoms with Gasteiger partial charge >= 0.3 is 0 Å². The first kappa shape index (κ1) is 26.5. The van der Waals surface area contributed by atoms with Gasteiger partial charge in [-0.15, -0.1) is 0 Å². The second-order valence-corrected chi connectivity index (χ2v) is 12.7. The smallest absolute Gasteiger partial charge is 0.255 e. The van der Waals surface area contributed by atoms with E-state index in [-0.39, 0.29) is 16.7 Å². The molecule has 1 aromatic carbocycles. The number of piperidine rings is 1. The molecule has 9 nitrogen and oxygen atoms in total. The monoisotopic (exact) mass is 557 g/mol. The molecule has 2 saturated heterocycles. The summed E-state index contributed by atoms with van der Waals surface area (Å²) in [5.41, 5.74) is 0.690. The Kier molecular flexibility index (Phi) is 7.63. The quantitative estimate of drug-likeness (QED) is 0.580. The Morgan fingerprint density at radius 3 is 2.66 bits per heavy atom. The van der Waals surface area contributed by atoms with Crippen molar-refractivity contribution in [1.82, 2.24) is 14.8 Å². The Hall–Kier alpha value is -3.11. The third-order valence-corrected chi connectivity index (χ3v) is 8.88. The number of hydrogen-bond acceptors (Lipinski definition) is 7. The fourth-order valence-electron chi connectivity index (χ4n) is 5.39. The molecule has 202 valence electrons. The summed E-state index contributed by atoms with van der Waals surface area (Å²) in [6.45, 7) is 3.76. The molecule has 0 spiro atoms. The predicted molar refractivity (Wildman–Crippen MR) is 147 cm³/mol. The van der Waals surface area contributed by atoms with Gasteiger partial charge in [-0.1, -0.05) is 23.7 Å². The number of rotatable bonds is 6. The standard InChI is InChI=1S/C27H32ClN5O4S/c1-38(36,37)23-16-24(30-27(35)20-4-2-5-21(28)15-20)26(29-17-23)32-10-7-19(8-11-32)14-25(34)33-13-12-31-9-3-6-22(31)18-33/h2-5,9,15-17,19,22H,6-8,10-14,18H2,1H3,(H,30,35). The van der Waals surface area contributed by atoms with E-state index in [1.165, 1.54) is 12.3 Å². The predicted octanol–water partition coefficient (Wildman–Crippen LogP) is 3.43. The van der Waals surface area contributed by atoms with E-state index < -0.39 is 15.7 Å². The Labute approximate surface area is 228 Å². The molecule has 38 heavy (non-hydrogen) atoms. The highest BCUT2D eigenvalue weighted by Crippen LogP contribution is 2.32. The van der Waals surface area contributed by atoms with Crippen molar-refractivity contribution in [3.8, 4) is 0 Å². The Bertz CT molecular complexity index is 1360. The van der Waals surface area contributed by atoms with Crippen molar-refractivity contribution in [3.05, 3.63) is 59.4 Å². The first-order valence-electron chi connectivity index (χ1n) is 12.9. The summed E-state index contributed by atoms with van der Waals surface area (Å²) in [6, 6.07) is 8.41. The molecule has 3 aliphatic heterocycles. The second-order valence-electron chi connectivity index (χ2n) is 10.3. The van der Waals surface area contributed by atoms with Gasteiger partial charge in [0.05, 0.1) is 10.6 Å². The van der Waals surface area contributed by atoms with E-state index in [4.69, 9.17) is 11.6 Å². The average Bonchev–Trinajstić information content (AvgIpc) is 3.37. The van der Waals surface area contributed by atoms with E-state index in [1.54, 1.807) is 24.3 Å². The van der Waals surface area contributed by atoms with E-state index in [0.29, 0.717) is 47.6 Å². The van der Waals surface area contributed by atoms with Crippen LogP contribution in [0.25, 0.3) is 0 Å². The highest BCUT2D eigenvalue weighted by Gasteiger charge is 2.31. The van der Waals surface area contributed by atoms with E-state index in [0.717, 1.165) is 45.2 Å². The summed E-state index contributed by atoms with van der Waals surface area (Å²) in [4.78, 5) is 36.8. The zero-order valence-corrected chi connectivity index (χ0v) is 22.9. The molecule has 2 fully saturated rings. The maximum atomic E-state index is 13.0. The molecular formula is C27H32ClN5O4S. The van der Waals surface area contributed by atoms with Gasteiger partial charge in [0.15, 0.2) is 15.7 Å². The number of nitrogens with one attached hydrogen (secondary N) is 1. The van der Waals surface area contributed by atoms with Gasteiger partial charge < -0.3 is 20.0 Å². The number of anilines is 2. The summed E-state index contributed by atoms with van der Waals surface area (Å²) in [7, 11) is -3.52.